The Balaban J connectivity index is 1.59. The molecule has 0 aliphatic heterocycles. The minimum Gasteiger partial charge on any atom is -0.438 e. The van der Waals surface area contributed by atoms with E-state index in [9.17, 15) is 4.39 Å². The molecule has 7 heteroatoms. The standard InChI is InChI=1S/C21H11FN4OS/c22-14-4-5-16-19(11-14)28-21(25-16)26-9-7-15-17(26)2-1-3-18(15)27-20-10-13(12-23)6-8-24-20/h1-11H. The first-order valence-corrected chi connectivity index (χ1v) is 9.23. The number of hydrogen-bond donors (Lipinski definition) is 0. The maximum atomic E-state index is 13.5. The molecule has 5 aromatic rings. The van der Waals surface area contributed by atoms with E-state index in [0.717, 1.165) is 26.3 Å². The monoisotopic (exact) mass is 386 g/mol. The molecular weight excluding hydrogens is 375 g/mol. The Labute approximate surface area is 162 Å². The molecule has 0 unspecified atom stereocenters. The molecule has 3 heterocycles. The molecule has 2 aromatic carbocycles. The minimum atomic E-state index is -0.275. The van der Waals surface area contributed by atoms with Gasteiger partial charge in [0.2, 0.25) is 5.88 Å². The van der Waals surface area contributed by atoms with Crippen molar-refractivity contribution in [1.29, 1.82) is 5.26 Å². The average Bonchev–Trinajstić information content (AvgIpc) is 3.32. The predicted octanol–water partition coefficient (Wildman–Crippen LogP) is 5.44. The van der Waals surface area contributed by atoms with Gasteiger partial charge in [0.05, 0.1) is 27.4 Å². The number of benzene rings is 2. The summed E-state index contributed by atoms with van der Waals surface area (Å²) >= 11 is 1.42. The first kappa shape index (κ1) is 16.4. The molecule has 5 rings (SSSR count). The number of nitrogens with zero attached hydrogens (tertiary/aromatic N) is 4. The van der Waals surface area contributed by atoms with Gasteiger partial charge in [0.1, 0.15) is 11.6 Å². The zero-order chi connectivity index (χ0) is 19.1. The first-order valence-electron chi connectivity index (χ1n) is 8.42. The largest absolute Gasteiger partial charge is 0.438 e. The van der Waals surface area contributed by atoms with Crippen molar-refractivity contribution in [1.82, 2.24) is 14.5 Å². The normalized spacial score (nSPS) is 11.0. The number of nitriles is 1. The van der Waals surface area contributed by atoms with E-state index in [-0.39, 0.29) is 5.82 Å². The van der Waals surface area contributed by atoms with Crippen molar-refractivity contribution in [3.8, 4) is 22.8 Å². The smallest absolute Gasteiger partial charge is 0.220 e. The summed E-state index contributed by atoms with van der Waals surface area (Å²) in [5, 5.41) is 10.7. The van der Waals surface area contributed by atoms with Crippen LogP contribution in [-0.4, -0.2) is 14.5 Å². The quantitative estimate of drug-likeness (QED) is 0.414. The predicted molar refractivity (Wildman–Crippen MR) is 105 cm³/mol. The molecule has 5 nitrogen and oxygen atoms in total. The van der Waals surface area contributed by atoms with Crippen molar-refractivity contribution in [2.45, 2.75) is 0 Å². The van der Waals surface area contributed by atoms with Gasteiger partial charge in [-0.1, -0.05) is 17.4 Å². The van der Waals surface area contributed by atoms with Crippen LogP contribution in [0.3, 0.4) is 0 Å². The number of halogens is 1. The summed E-state index contributed by atoms with van der Waals surface area (Å²) in [6.07, 6.45) is 3.45. The molecule has 0 spiro atoms. The lowest BCUT2D eigenvalue weighted by atomic mass is 10.2. The lowest BCUT2D eigenvalue weighted by molar-refractivity contribution is 0.468. The highest BCUT2D eigenvalue weighted by molar-refractivity contribution is 7.20. The minimum absolute atomic E-state index is 0.275. The van der Waals surface area contributed by atoms with Gasteiger partial charge in [0.25, 0.3) is 0 Å². The second-order valence-corrected chi connectivity index (χ2v) is 7.09. The van der Waals surface area contributed by atoms with E-state index in [0.29, 0.717) is 17.2 Å². The molecule has 0 N–H and O–H groups in total. The van der Waals surface area contributed by atoms with Crippen LogP contribution in [0.5, 0.6) is 11.6 Å². The van der Waals surface area contributed by atoms with Crippen LogP contribution in [0.1, 0.15) is 5.56 Å². The molecule has 3 aromatic heterocycles. The fourth-order valence-corrected chi connectivity index (χ4v) is 4.02. The van der Waals surface area contributed by atoms with Crippen LogP contribution in [0.25, 0.3) is 26.3 Å². The van der Waals surface area contributed by atoms with Crippen molar-refractivity contribution in [2.24, 2.45) is 0 Å². The third-order valence-corrected chi connectivity index (χ3v) is 5.33. The maximum absolute atomic E-state index is 13.5. The molecule has 0 saturated carbocycles. The van der Waals surface area contributed by atoms with Crippen LogP contribution in [0.15, 0.2) is 67.0 Å². The SMILES string of the molecule is N#Cc1ccnc(Oc2cccc3c2ccn3-c2nc3ccc(F)cc3s2)c1. The van der Waals surface area contributed by atoms with E-state index >= 15 is 0 Å². The van der Waals surface area contributed by atoms with E-state index in [4.69, 9.17) is 10.00 Å². The molecule has 28 heavy (non-hydrogen) atoms. The van der Waals surface area contributed by atoms with E-state index in [2.05, 4.69) is 16.0 Å². The Morgan fingerprint density at radius 3 is 2.93 bits per heavy atom. The number of rotatable bonds is 3. The summed E-state index contributed by atoms with van der Waals surface area (Å²) in [5.41, 5.74) is 2.15. The van der Waals surface area contributed by atoms with Crippen LogP contribution in [0, 0.1) is 17.1 Å². The lowest BCUT2D eigenvalue weighted by Gasteiger charge is -2.07. The molecule has 134 valence electrons. The Kier molecular flexibility index (Phi) is 3.78. The van der Waals surface area contributed by atoms with Gasteiger partial charge >= 0.3 is 0 Å². The number of thiazole rings is 1. The van der Waals surface area contributed by atoms with Gasteiger partial charge in [-0.3, -0.25) is 4.57 Å². The Morgan fingerprint density at radius 2 is 2.04 bits per heavy atom. The zero-order valence-corrected chi connectivity index (χ0v) is 15.2. The van der Waals surface area contributed by atoms with Crippen molar-refractivity contribution in [2.75, 3.05) is 0 Å². The summed E-state index contributed by atoms with van der Waals surface area (Å²) < 4.78 is 22.1. The maximum Gasteiger partial charge on any atom is 0.220 e. The molecule has 0 saturated heterocycles. The summed E-state index contributed by atoms with van der Waals surface area (Å²) in [4.78, 5) is 8.77. The molecule has 0 aliphatic rings. The Morgan fingerprint density at radius 1 is 1.11 bits per heavy atom. The van der Waals surface area contributed by atoms with E-state index in [1.807, 2.05) is 35.0 Å². The third kappa shape index (κ3) is 2.76. The number of ether oxygens (including phenoxy) is 1. The van der Waals surface area contributed by atoms with Gasteiger partial charge < -0.3 is 4.74 Å². The summed E-state index contributed by atoms with van der Waals surface area (Å²) in [6, 6.07) is 17.5. The van der Waals surface area contributed by atoms with Gasteiger partial charge in [-0.25, -0.2) is 14.4 Å². The molecular formula is C21H11FN4OS. The van der Waals surface area contributed by atoms with Gasteiger partial charge in [0.15, 0.2) is 5.13 Å². The average molecular weight is 386 g/mol. The summed E-state index contributed by atoms with van der Waals surface area (Å²) in [7, 11) is 0. The summed E-state index contributed by atoms with van der Waals surface area (Å²) in [6.45, 7) is 0. The third-order valence-electron chi connectivity index (χ3n) is 4.32. The van der Waals surface area contributed by atoms with E-state index < -0.39 is 0 Å². The second kappa shape index (κ2) is 6.44. The van der Waals surface area contributed by atoms with Crippen LogP contribution < -0.4 is 4.74 Å². The van der Waals surface area contributed by atoms with Crippen molar-refractivity contribution in [3.05, 3.63) is 78.4 Å². The van der Waals surface area contributed by atoms with Crippen LogP contribution in [-0.2, 0) is 0 Å². The van der Waals surface area contributed by atoms with Crippen LogP contribution >= 0.6 is 11.3 Å². The zero-order valence-electron chi connectivity index (χ0n) is 14.3. The van der Waals surface area contributed by atoms with Gasteiger partial charge in [-0.05, 0) is 42.5 Å². The van der Waals surface area contributed by atoms with Crippen molar-refractivity contribution < 1.29 is 9.13 Å². The highest BCUT2D eigenvalue weighted by Crippen LogP contribution is 2.33. The highest BCUT2D eigenvalue weighted by atomic mass is 32.1. The number of fused-ring (bicyclic) bond motifs is 2. The first-order chi connectivity index (χ1) is 13.7. The fraction of sp³-hybridized carbons (Fsp3) is 0. The molecule has 0 fully saturated rings. The Hall–Kier alpha value is -3.76. The Bertz CT molecular complexity index is 1380. The van der Waals surface area contributed by atoms with E-state index in [1.165, 1.54) is 23.5 Å². The van der Waals surface area contributed by atoms with Crippen molar-refractivity contribution >= 4 is 32.5 Å². The topological polar surface area (TPSA) is 63.7 Å². The lowest BCUT2D eigenvalue weighted by Crippen LogP contribution is -1.92. The molecule has 0 atom stereocenters. The molecule has 0 amide bonds. The molecule has 0 radical (unpaired) electrons. The number of hydrogen-bond acceptors (Lipinski definition) is 5. The molecule has 0 bridgehead atoms. The second-order valence-electron chi connectivity index (χ2n) is 6.08. The fourth-order valence-electron chi connectivity index (χ4n) is 3.03. The highest BCUT2D eigenvalue weighted by Gasteiger charge is 2.13. The van der Waals surface area contributed by atoms with Crippen LogP contribution in [0.4, 0.5) is 4.39 Å². The summed E-state index contributed by atoms with van der Waals surface area (Å²) in [5.74, 6) is 0.712. The van der Waals surface area contributed by atoms with Crippen molar-refractivity contribution in [3.63, 3.8) is 0 Å². The van der Waals surface area contributed by atoms with Crippen LogP contribution in [0.2, 0.25) is 0 Å². The van der Waals surface area contributed by atoms with E-state index in [1.54, 1.807) is 24.4 Å². The van der Waals surface area contributed by atoms with Gasteiger partial charge in [-0.2, -0.15) is 5.26 Å². The van der Waals surface area contributed by atoms with Gasteiger partial charge in [-0.15, -0.1) is 0 Å². The molecule has 0 aliphatic carbocycles. The van der Waals surface area contributed by atoms with Gasteiger partial charge in [0, 0.05) is 23.8 Å². The number of aromatic nitrogens is 3. The number of pyridine rings is 1.